The molecule has 0 aliphatic heterocycles. The van der Waals surface area contributed by atoms with E-state index >= 15 is 0 Å². The molecule has 0 radical (unpaired) electrons. The summed E-state index contributed by atoms with van der Waals surface area (Å²) in [6, 6.07) is 0. The van der Waals surface area contributed by atoms with Gasteiger partial charge in [0.2, 0.25) is 5.89 Å². The molecular formula is C15H27N3O. The van der Waals surface area contributed by atoms with Crippen LogP contribution in [0.5, 0.6) is 0 Å². The van der Waals surface area contributed by atoms with Gasteiger partial charge in [0.15, 0.2) is 5.82 Å². The fraction of sp³-hybridized carbons (Fsp3) is 0.867. The second kappa shape index (κ2) is 6.51. The molecule has 0 unspecified atom stereocenters. The summed E-state index contributed by atoms with van der Waals surface area (Å²) in [4.78, 5) is 4.59. The fourth-order valence-electron chi connectivity index (χ4n) is 2.86. The van der Waals surface area contributed by atoms with E-state index in [1.807, 2.05) is 0 Å². The third-order valence-corrected chi connectivity index (χ3v) is 4.29. The smallest absolute Gasteiger partial charge is 0.226 e. The quantitative estimate of drug-likeness (QED) is 0.856. The first-order valence-corrected chi connectivity index (χ1v) is 7.63. The van der Waals surface area contributed by atoms with Crippen LogP contribution in [0.3, 0.4) is 0 Å². The zero-order valence-electron chi connectivity index (χ0n) is 12.3. The highest BCUT2D eigenvalue weighted by molar-refractivity contribution is 4.97. The molecule has 1 fully saturated rings. The molecule has 4 nitrogen and oxygen atoms in total. The summed E-state index contributed by atoms with van der Waals surface area (Å²) in [6.07, 6.45) is 9.36. The minimum absolute atomic E-state index is 0.258. The minimum atomic E-state index is 0.258. The van der Waals surface area contributed by atoms with E-state index in [4.69, 9.17) is 10.3 Å². The highest BCUT2D eigenvalue weighted by Gasteiger charge is 2.22. The van der Waals surface area contributed by atoms with Crippen molar-refractivity contribution in [1.29, 1.82) is 0 Å². The summed E-state index contributed by atoms with van der Waals surface area (Å²) >= 11 is 0. The first kappa shape index (κ1) is 14.5. The Balaban J connectivity index is 1.86. The second-order valence-electron chi connectivity index (χ2n) is 6.58. The monoisotopic (exact) mass is 265 g/mol. The predicted molar refractivity (Wildman–Crippen MR) is 75.9 cm³/mol. The number of hydrogen-bond acceptors (Lipinski definition) is 4. The standard InChI is InChI=1S/C15H27N3O/c1-15(2,10-11-16)9-8-13-17-14(18-19-13)12-6-4-3-5-7-12/h12H,3-11,16H2,1-2H3. The van der Waals surface area contributed by atoms with Crippen molar-refractivity contribution in [3.63, 3.8) is 0 Å². The molecule has 1 aliphatic rings. The van der Waals surface area contributed by atoms with Crippen molar-refractivity contribution in [1.82, 2.24) is 10.1 Å². The van der Waals surface area contributed by atoms with Gasteiger partial charge in [-0.05, 0) is 37.6 Å². The van der Waals surface area contributed by atoms with Gasteiger partial charge in [-0.25, -0.2) is 0 Å². The third-order valence-electron chi connectivity index (χ3n) is 4.29. The molecule has 0 amide bonds. The zero-order valence-corrected chi connectivity index (χ0v) is 12.3. The Morgan fingerprint density at radius 3 is 2.63 bits per heavy atom. The maximum atomic E-state index is 5.63. The van der Waals surface area contributed by atoms with Crippen molar-refractivity contribution in [3.8, 4) is 0 Å². The van der Waals surface area contributed by atoms with Crippen molar-refractivity contribution in [2.24, 2.45) is 11.1 Å². The Bertz CT molecular complexity index is 380. The number of nitrogens with zero attached hydrogens (tertiary/aromatic N) is 2. The fourth-order valence-corrected chi connectivity index (χ4v) is 2.86. The molecule has 1 aromatic heterocycles. The van der Waals surface area contributed by atoms with E-state index in [-0.39, 0.29) is 5.41 Å². The van der Waals surface area contributed by atoms with Crippen LogP contribution in [0.15, 0.2) is 4.52 Å². The van der Waals surface area contributed by atoms with Gasteiger partial charge in [0.05, 0.1) is 0 Å². The van der Waals surface area contributed by atoms with Crippen LogP contribution >= 0.6 is 0 Å². The first-order valence-electron chi connectivity index (χ1n) is 7.63. The van der Waals surface area contributed by atoms with Crippen molar-refractivity contribution >= 4 is 0 Å². The number of hydrogen-bond donors (Lipinski definition) is 1. The average Bonchev–Trinajstić information content (AvgIpc) is 2.86. The summed E-state index contributed by atoms with van der Waals surface area (Å²) < 4.78 is 5.40. The van der Waals surface area contributed by atoms with E-state index in [1.54, 1.807) is 0 Å². The van der Waals surface area contributed by atoms with Crippen molar-refractivity contribution in [2.45, 2.75) is 71.1 Å². The van der Waals surface area contributed by atoms with E-state index in [0.717, 1.165) is 37.5 Å². The maximum absolute atomic E-state index is 5.63. The average molecular weight is 265 g/mol. The molecule has 1 saturated carbocycles. The lowest BCUT2D eigenvalue weighted by Gasteiger charge is -2.22. The number of aromatic nitrogens is 2. The Morgan fingerprint density at radius 2 is 1.95 bits per heavy atom. The highest BCUT2D eigenvalue weighted by atomic mass is 16.5. The van der Waals surface area contributed by atoms with Crippen molar-refractivity contribution < 1.29 is 4.52 Å². The summed E-state index contributed by atoms with van der Waals surface area (Å²) in [5.74, 6) is 2.26. The largest absolute Gasteiger partial charge is 0.339 e. The predicted octanol–water partition coefficient (Wildman–Crippen LogP) is 3.42. The molecule has 0 aromatic carbocycles. The lowest BCUT2D eigenvalue weighted by molar-refractivity contribution is 0.288. The van der Waals surface area contributed by atoms with Crippen LogP contribution in [-0.4, -0.2) is 16.7 Å². The van der Waals surface area contributed by atoms with Gasteiger partial charge in [-0.1, -0.05) is 38.3 Å². The number of rotatable bonds is 6. The van der Waals surface area contributed by atoms with Crippen molar-refractivity contribution in [2.75, 3.05) is 6.54 Å². The lowest BCUT2D eigenvalue weighted by Crippen LogP contribution is -2.17. The summed E-state index contributed by atoms with van der Waals surface area (Å²) in [5.41, 5.74) is 5.89. The minimum Gasteiger partial charge on any atom is -0.339 e. The van der Waals surface area contributed by atoms with E-state index < -0.39 is 0 Å². The second-order valence-corrected chi connectivity index (χ2v) is 6.58. The van der Waals surface area contributed by atoms with Crippen LogP contribution < -0.4 is 5.73 Å². The molecule has 2 rings (SSSR count). The molecular weight excluding hydrogens is 238 g/mol. The topological polar surface area (TPSA) is 64.9 Å². The van der Waals surface area contributed by atoms with Gasteiger partial charge in [0.25, 0.3) is 0 Å². The number of aryl methyl sites for hydroxylation is 1. The Kier molecular flexibility index (Phi) is 4.97. The van der Waals surface area contributed by atoms with Gasteiger partial charge in [-0.15, -0.1) is 0 Å². The molecule has 1 heterocycles. The van der Waals surface area contributed by atoms with Crippen LogP contribution in [-0.2, 0) is 6.42 Å². The molecule has 0 bridgehead atoms. The van der Waals surface area contributed by atoms with Gasteiger partial charge < -0.3 is 10.3 Å². The molecule has 0 atom stereocenters. The molecule has 0 saturated heterocycles. The van der Waals surface area contributed by atoms with Crippen LogP contribution in [0.4, 0.5) is 0 Å². The third kappa shape index (κ3) is 4.30. The van der Waals surface area contributed by atoms with Crippen LogP contribution in [0.1, 0.15) is 76.4 Å². The van der Waals surface area contributed by atoms with Gasteiger partial charge >= 0.3 is 0 Å². The Morgan fingerprint density at radius 1 is 1.21 bits per heavy atom. The normalized spacial score (nSPS) is 17.8. The zero-order chi connectivity index (χ0) is 13.7. The van der Waals surface area contributed by atoms with Gasteiger partial charge in [-0.3, -0.25) is 0 Å². The summed E-state index contributed by atoms with van der Waals surface area (Å²) in [6.45, 7) is 5.24. The van der Waals surface area contributed by atoms with E-state index in [1.165, 1.54) is 32.1 Å². The Hall–Kier alpha value is -0.900. The Labute approximate surface area is 116 Å². The van der Waals surface area contributed by atoms with Gasteiger partial charge in [-0.2, -0.15) is 4.98 Å². The van der Waals surface area contributed by atoms with Gasteiger partial charge in [0.1, 0.15) is 0 Å². The highest BCUT2D eigenvalue weighted by Crippen LogP contribution is 2.31. The first-order chi connectivity index (χ1) is 9.11. The molecule has 2 N–H and O–H groups in total. The van der Waals surface area contributed by atoms with Gasteiger partial charge in [0, 0.05) is 12.3 Å². The number of nitrogens with two attached hydrogens (primary N) is 1. The molecule has 4 heteroatoms. The molecule has 108 valence electrons. The molecule has 19 heavy (non-hydrogen) atoms. The molecule has 0 spiro atoms. The molecule has 1 aliphatic carbocycles. The van der Waals surface area contributed by atoms with Crippen LogP contribution in [0.2, 0.25) is 0 Å². The van der Waals surface area contributed by atoms with E-state index in [2.05, 4.69) is 24.0 Å². The molecule has 1 aromatic rings. The van der Waals surface area contributed by atoms with Crippen LogP contribution in [0, 0.1) is 5.41 Å². The van der Waals surface area contributed by atoms with E-state index in [0.29, 0.717) is 5.92 Å². The summed E-state index contributed by atoms with van der Waals surface area (Å²) in [7, 11) is 0. The van der Waals surface area contributed by atoms with Crippen molar-refractivity contribution in [3.05, 3.63) is 11.7 Å². The lowest BCUT2D eigenvalue weighted by atomic mass is 9.84. The SMILES string of the molecule is CC(C)(CCN)CCc1nc(C2CCCCC2)no1. The maximum Gasteiger partial charge on any atom is 0.226 e. The van der Waals surface area contributed by atoms with Crippen LogP contribution in [0.25, 0.3) is 0 Å². The summed E-state index contributed by atoms with van der Waals surface area (Å²) in [5, 5.41) is 4.18. The van der Waals surface area contributed by atoms with E-state index in [9.17, 15) is 0 Å².